The number of aromatic nitrogens is 2. The first-order valence-electron chi connectivity index (χ1n) is 7.13. The summed E-state index contributed by atoms with van der Waals surface area (Å²) < 4.78 is 0. The molecule has 1 saturated carbocycles. The van der Waals surface area contributed by atoms with Crippen molar-refractivity contribution in [2.24, 2.45) is 0 Å². The molecule has 2 fully saturated rings. The Balaban J connectivity index is 1.70. The Morgan fingerprint density at radius 3 is 2.78 bits per heavy atom. The van der Waals surface area contributed by atoms with Crippen molar-refractivity contribution in [2.45, 2.75) is 44.1 Å². The molecule has 1 atom stereocenters. The molecule has 2 aromatic rings. The summed E-state index contributed by atoms with van der Waals surface area (Å²) in [5.41, 5.74) is 3.74. The van der Waals surface area contributed by atoms with E-state index in [4.69, 9.17) is 4.98 Å². The second-order valence-corrected chi connectivity index (χ2v) is 5.68. The minimum Gasteiger partial charge on any atom is -0.342 e. The second-order valence-electron chi connectivity index (χ2n) is 5.68. The van der Waals surface area contributed by atoms with Crippen molar-refractivity contribution < 1.29 is 0 Å². The number of fused-ring (bicyclic) bond motifs is 1. The fraction of sp³-hybridized carbons (Fsp3) is 0.533. The van der Waals surface area contributed by atoms with Gasteiger partial charge in [0.05, 0.1) is 11.0 Å². The van der Waals surface area contributed by atoms with E-state index >= 15 is 0 Å². The third kappa shape index (κ3) is 1.65. The zero-order valence-electron chi connectivity index (χ0n) is 10.6. The molecule has 2 aliphatic rings. The Kier molecular flexibility index (Phi) is 2.40. The summed E-state index contributed by atoms with van der Waals surface area (Å²) in [5, 5.41) is 3.56. The number of benzene rings is 1. The summed E-state index contributed by atoms with van der Waals surface area (Å²) in [7, 11) is 0. The average Bonchev–Trinajstić information content (AvgIpc) is 2.94. The van der Waals surface area contributed by atoms with Gasteiger partial charge in [-0.2, -0.15) is 0 Å². The number of aromatic amines is 1. The van der Waals surface area contributed by atoms with Crippen molar-refractivity contribution in [1.82, 2.24) is 15.3 Å². The molecule has 2 heterocycles. The lowest BCUT2D eigenvalue weighted by molar-refractivity contribution is 0.405. The highest BCUT2D eigenvalue weighted by Gasteiger charge is 2.23. The van der Waals surface area contributed by atoms with E-state index in [1.165, 1.54) is 49.0 Å². The van der Waals surface area contributed by atoms with Crippen LogP contribution >= 0.6 is 0 Å². The highest BCUT2D eigenvalue weighted by Crippen LogP contribution is 2.35. The maximum absolute atomic E-state index is 4.73. The highest BCUT2D eigenvalue weighted by atomic mass is 14.9. The summed E-state index contributed by atoms with van der Waals surface area (Å²) in [5.74, 6) is 1.89. The van der Waals surface area contributed by atoms with Gasteiger partial charge in [0.2, 0.25) is 0 Å². The minimum absolute atomic E-state index is 0.546. The van der Waals surface area contributed by atoms with E-state index in [1.54, 1.807) is 0 Å². The predicted octanol–water partition coefficient (Wildman–Crippen LogP) is 3.25. The van der Waals surface area contributed by atoms with Crippen LogP contribution in [0.4, 0.5) is 0 Å². The Hall–Kier alpha value is -1.35. The molecule has 4 rings (SSSR count). The van der Waals surface area contributed by atoms with Crippen LogP contribution in [0.1, 0.15) is 55.5 Å². The van der Waals surface area contributed by atoms with Crippen molar-refractivity contribution in [3.63, 3.8) is 0 Å². The molecule has 18 heavy (non-hydrogen) atoms. The molecule has 94 valence electrons. The van der Waals surface area contributed by atoms with E-state index in [0.717, 1.165) is 12.1 Å². The summed E-state index contributed by atoms with van der Waals surface area (Å²) >= 11 is 0. The molecule has 0 spiro atoms. The number of hydrogen-bond acceptors (Lipinski definition) is 2. The van der Waals surface area contributed by atoms with E-state index in [9.17, 15) is 0 Å². The van der Waals surface area contributed by atoms with Crippen LogP contribution in [0.3, 0.4) is 0 Å². The molecule has 3 heteroatoms. The average molecular weight is 241 g/mol. The molecule has 0 amide bonds. The second kappa shape index (κ2) is 4.09. The standard InChI is InChI=1S/C15H19N3/c1-3-10(4-1)15-17-13-7-6-11(9-14(13)18-15)12-5-2-8-16-12/h6-7,9-10,12,16H,1-5,8H2,(H,17,18). The van der Waals surface area contributed by atoms with Crippen LogP contribution < -0.4 is 5.32 Å². The van der Waals surface area contributed by atoms with Crippen molar-refractivity contribution in [2.75, 3.05) is 6.54 Å². The van der Waals surface area contributed by atoms with Gasteiger partial charge in [-0.3, -0.25) is 0 Å². The number of hydrogen-bond donors (Lipinski definition) is 2. The quantitative estimate of drug-likeness (QED) is 0.847. The van der Waals surface area contributed by atoms with Crippen LogP contribution in [0.5, 0.6) is 0 Å². The molecule has 0 radical (unpaired) electrons. The number of imidazole rings is 1. The summed E-state index contributed by atoms with van der Waals surface area (Å²) in [6, 6.07) is 7.23. The summed E-state index contributed by atoms with van der Waals surface area (Å²) in [4.78, 5) is 8.25. The van der Waals surface area contributed by atoms with E-state index in [0.29, 0.717) is 12.0 Å². The van der Waals surface area contributed by atoms with E-state index in [-0.39, 0.29) is 0 Å². The van der Waals surface area contributed by atoms with Gasteiger partial charge in [0, 0.05) is 12.0 Å². The lowest BCUT2D eigenvalue weighted by Gasteiger charge is -2.22. The smallest absolute Gasteiger partial charge is 0.110 e. The van der Waals surface area contributed by atoms with Crippen molar-refractivity contribution in [1.29, 1.82) is 0 Å². The normalized spacial score (nSPS) is 24.6. The van der Waals surface area contributed by atoms with Gasteiger partial charge in [-0.05, 0) is 49.9 Å². The van der Waals surface area contributed by atoms with E-state index in [1.807, 2.05) is 0 Å². The Morgan fingerprint density at radius 1 is 1.11 bits per heavy atom. The fourth-order valence-electron chi connectivity index (χ4n) is 3.11. The largest absolute Gasteiger partial charge is 0.342 e. The maximum Gasteiger partial charge on any atom is 0.110 e. The van der Waals surface area contributed by atoms with Gasteiger partial charge in [0.1, 0.15) is 5.82 Å². The first-order valence-corrected chi connectivity index (χ1v) is 7.13. The lowest BCUT2D eigenvalue weighted by Crippen LogP contribution is -2.12. The van der Waals surface area contributed by atoms with Crippen LogP contribution in [-0.2, 0) is 0 Å². The zero-order chi connectivity index (χ0) is 11.9. The van der Waals surface area contributed by atoms with Gasteiger partial charge in [-0.15, -0.1) is 0 Å². The topological polar surface area (TPSA) is 40.7 Å². The highest BCUT2D eigenvalue weighted by molar-refractivity contribution is 5.76. The third-order valence-electron chi connectivity index (χ3n) is 4.48. The van der Waals surface area contributed by atoms with Crippen LogP contribution in [0, 0.1) is 0 Å². The SMILES string of the molecule is c1cc2nc(C3CCC3)[nH]c2cc1C1CCCN1. The third-order valence-corrected chi connectivity index (χ3v) is 4.48. The number of nitrogens with one attached hydrogen (secondary N) is 2. The van der Waals surface area contributed by atoms with Crippen LogP contribution in [0.25, 0.3) is 11.0 Å². The van der Waals surface area contributed by atoms with Gasteiger partial charge < -0.3 is 10.3 Å². The molecule has 1 aliphatic carbocycles. The predicted molar refractivity (Wildman–Crippen MR) is 72.7 cm³/mol. The molecular formula is C15H19N3. The molecule has 1 unspecified atom stereocenters. The zero-order valence-corrected chi connectivity index (χ0v) is 10.6. The molecule has 1 saturated heterocycles. The number of rotatable bonds is 2. The molecular weight excluding hydrogens is 222 g/mol. The molecule has 1 aromatic heterocycles. The molecule has 2 N–H and O–H groups in total. The monoisotopic (exact) mass is 241 g/mol. The first-order chi connectivity index (χ1) is 8.90. The van der Waals surface area contributed by atoms with Gasteiger partial charge in [0.25, 0.3) is 0 Å². The minimum atomic E-state index is 0.546. The summed E-state index contributed by atoms with van der Waals surface area (Å²) in [6.45, 7) is 1.15. The Bertz CT molecular complexity index is 562. The van der Waals surface area contributed by atoms with Crippen molar-refractivity contribution in [3.05, 3.63) is 29.6 Å². The first kappa shape index (κ1) is 10.6. The fourth-order valence-corrected chi connectivity index (χ4v) is 3.11. The molecule has 1 aliphatic heterocycles. The molecule has 1 aromatic carbocycles. The van der Waals surface area contributed by atoms with Crippen molar-refractivity contribution >= 4 is 11.0 Å². The van der Waals surface area contributed by atoms with Gasteiger partial charge in [0.15, 0.2) is 0 Å². The number of H-pyrrole nitrogens is 1. The van der Waals surface area contributed by atoms with Gasteiger partial charge in [-0.25, -0.2) is 4.98 Å². The lowest BCUT2D eigenvalue weighted by atomic mass is 9.85. The van der Waals surface area contributed by atoms with Gasteiger partial charge >= 0.3 is 0 Å². The molecule has 3 nitrogen and oxygen atoms in total. The Labute approximate surface area is 107 Å². The van der Waals surface area contributed by atoms with Crippen LogP contribution in [0.2, 0.25) is 0 Å². The maximum atomic E-state index is 4.73. The Morgan fingerprint density at radius 2 is 2.06 bits per heavy atom. The van der Waals surface area contributed by atoms with Gasteiger partial charge in [-0.1, -0.05) is 12.5 Å². The van der Waals surface area contributed by atoms with E-state index in [2.05, 4.69) is 28.5 Å². The van der Waals surface area contributed by atoms with Crippen LogP contribution in [0.15, 0.2) is 18.2 Å². The van der Waals surface area contributed by atoms with Crippen molar-refractivity contribution in [3.8, 4) is 0 Å². The number of nitrogens with zero attached hydrogens (tertiary/aromatic N) is 1. The summed E-state index contributed by atoms with van der Waals surface area (Å²) in [6.07, 6.45) is 6.51. The van der Waals surface area contributed by atoms with E-state index < -0.39 is 0 Å². The van der Waals surface area contributed by atoms with Crippen LogP contribution in [-0.4, -0.2) is 16.5 Å². The molecule has 0 bridgehead atoms.